The standard InChI is InChI=1S/C28H33NO5/c30-18-9-3-8-15-24(19-31)29-28(32)25-16-10-17-26(33-20-22-11-4-1-5-12-22)27(25)34-21-23-13-6-2-7-14-23/h1-2,4-7,10-14,16-17,24,30-31H,3,8-9,15,18-21H2,(H,29,32)/t24-/m0/s1. The second kappa shape index (κ2) is 14.0. The van der Waals surface area contributed by atoms with Crippen LogP contribution in [0.5, 0.6) is 11.5 Å². The summed E-state index contributed by atoms with van der Waals surface area (Å²) in [4.78, 5) is 13.2. The van der Waals surface area contributed by atoms with E-state index in [9.17, 15) is 9.90 Å². The van der Waals surface area contributed by atoms with Crippen LogP contribution in [0.4, 0.5) is 0 Å². The highest BCUT2D eigenvalue weighted by molar-refractivity contribution is 5.98. The number of unbranched alkanes of at least 4 members (excludes halogenated alkanes) is 2. The molecule has 1 amide bonds. The summed E-state index contributed by atoms with van der Waals surface area (Å²) in [5.41, 5.74) is 2.34. The fourth-order valence-corrected chi connectivity index (χ4v) is 3.57. The lowest BCUT2D eigenvalue weighted by Gasteiger charge is -2.19. The van der Waals surface area contributed by atoms with Gasteiger partial charge in [-0.2, -0.15) is 0 Å². The molecule has 0 bridgehead atoms. The van der Waals surface area contributed by atoms with E-state index in [1.807, 2.05) is 60.7 Å². The monoisotopic (exact) mass is 463 g/mol. The number of para-hydroxylation sites is 1. The number of carbonyl (C=O) groups excluding carboxylic acids is 1. The number of aliphatic hydroxyl groups excluding tert-OH is 2. The van der Waals surface area contributed by atoms with Gasteiger partial charge in [-0.1, -0.05) is 79.6 Å². The smallest absolute Gasteiger partial charge is 0.255 e. The van der Waals surface area contributed by atoms with Crippen LogP contribution < -0.4 is 14.8 Å². The zero-order chi connectivity index (χ0) is 24.0. The summed E-state index contributed by atoms with van der Waals surface area (Å²) >= 11 is 0. The quantitative estimate of drug-likeness (QED) is 0.307. The highest BCUT2D eigenvalue weighted by Gasteiger charge is 2.20. The number of benzene rings is 3. The first-order valence-corrected chi connectivity index (χ1v) is 11.7. The number of hydrogen-bond acceptors (Lipinski definition) is 5. The van der Waals surface area contributed by atoms with E-state index < -0.39 is 0 Å². The summed E-state index contributed by atoms with van der Waals surface area (Å²) in [7, 11) is 0. The lowest BCUT2D eigenvalue weighted by molar-refractivity contribution is 0.0906. The van der Waals surface area contributed by atoms with Gasteiger partial charge in [-0.15, -0.1) is 0 Å². The molecule has 3 rings (SSSR count). The van der Waals surface area contributed by atoms with Crippen molar-refractivity contribution in [3.8, 4) is 11.5 Å². The summed E-state index contributed by atoms with van der Waals surface area (Å²) in [5, 5.41) is 21.6. The van der Waals surface area contributed by atoms with E-state index in [0.717, 1.165) is 24.0 Å². The third kappa shape index (κ3) is 7.90. The average molecular weight is 464 g/mol. The molecular weight excluding hydrogens is 430 g/mol. The molecule has 0 fully saturated rings. The Kier molecular flexibility index (Phi) is 10.4. The van der Waals surface area contributed by atoms with Crippen LogP contribution in [0.25, 0.3) is 0 Å². The van der Waals surface area contributed by atoms with Crippen molar-refractivity contribution in [2.45, 2.75) is 44.9 Å². The van der Waals surface area contributed by atoms with Crippen LogP contribution in [0.2, 0.25) is 0 Å². The summed E-state index contributed by atoms with van der Waals surface area (Å²) < 4.78 is 12.2. The number of ether oxygens (including phenoxy) is 2. The molecule has 0 saturated carbocycles. The minimum absolute atomic E-state index is 0.147. The van der Waals surface area contributed by atoms with Crippen LogP contribution in [0.1, 0.15) is 47.2 Å². The molecule has 34 heavy (non-hydrogen) atoms. The van der Waals surface area contributed by atoms with Crippen molar-refractivity contribution in [1.82, 2.24) is 5.32 Å². The maximum absolute atomic E-state index is 13.2. The van der Waals surface area contributed by atoms with Crippen LogP contribution in [0.15, 0.2) is 78.9 Å². The van der Waals surface area contributed by atoms with Gasteiger partial charge in [0.05, 0.1) is 18.2 Å². The van der Waals surface area contributed by atoms with Crippen molar-refractivity contribution in [3.05, 3.63) is 95.6 Å². The van der Waals surface area contributed by atoms with Crippen LogP contribution in [-0.2, 0) is 13.2 Å². The number of carbonyl (C=O) groups is 1. The number of amides is 1. The maximum atomic E-state index is 13.2. The normalized spacial score (nSPS) is 11.6. The summed E-state index contributed by atoms with van der Waals surface area (Å²) in [6.07, 6.45) is 3.00. The van der Waals surface area contributed by atoms with Crippen molar-refractivity contribution >= 4 is 5.91 Å². The number of rotatable bonds is 14. The molecule has 3 aromatic rings. The number of hydrogen-bond donors (Lipinski definition) is 3. The van der Waals surface area contributed by atoms with Crippen molar-refractivity contribution < 1.29 is 24.5 Å². The van der Waals surface area contributed by atoms with Gasteiger partial charge in [0.1, 0.15) is 13.2 Å². The van der Waals surface area contributed by atoms with Crippen molar-refractivity contribution in [1.29, 1.82) is 0 Å². The van der Waals surface area contributed by atoms with Crippen molar-refractivity contribution in [3.63, 3.8) is 0 Å². The van der Waals surface area contributed by atoms with E-state index >= 15 is 0 Å². The maximum Gasteiger partial charge on any atom is 0.255 e. The van der Waals surface area contributed by atoms with Gasteiger partial charge >= 0.3 is 0 Å². The molecule has 0 aliphatic rings. The molecule has 0 aliphatic carbocycles. The van der Waals surface area contributed by atoms with Crippen LogP contribution in [0.3, 0.4) is 0 Å². The van der Waals surface area contributed by atoms with Crippen molar-refractivity contribution in [2.75, 3.05) is 13.2 Å². The predicted octanol–water partition coefficient (Wildman–Crippen LogP) is 4.49. The number of nitrogens with one attached hydrogen (secondary N) is 1. The Hall–Kier alpha value is -3.35. The molecular formula is C28H33NO5. The fourth-order valence-electron chi connectivity index (χ4n) is 3.57. The van der Waals surface area contributed by atoms with Gasteiger partial charge in [0.25, 0.3) is 5.91 Å². The molecule has 0 saturated heterocycles. The van der Waals surface area contributed by atoms with Gasteiger partial charge in [0, 0.05) is 6.61 Å². The second-order valence-electron chi connectivity index (χ2n) is 8.11. The second-order valence-corrected chi connectivity index (χ2v) is 8.11. The Morgan fingerprint density at radius 3 is 2.03 bits per heavy atom. The Morgan fingerprint density at radius 1 is 0.765 bits per heavy atom. The zero-order valence-electron chi connectivity index (χ0n) is 19.4. The molecule has 180 valence electrons. The molecule has 3 aromatic carbocycles. The van der Waals surface area contributed by atoms with E-state index in [0.29, 0.717) is 36.5 Å². The number of aliphatic hydroxyl groups is 2. The molecule has 0 spiro atoms. The minimum Gasteiger partial charge on any atom is -0.485 e. The first-order valence-electron chi connectivity index (χ1n) is 11.7. The van der Waals surface area contributed by atoms with E-state index in [4.69, 9.17) is 14.6 Å². The average Bonchev–Trinajstić information content (AvgIpc) is 2.89. The topological polar surface area (TPSA) is 88.0 Å². The summed E-state index contributed by atoms with van der Waals surface area (Å²) in [5.74, 6) is 0.530. The van der Waals surface area contributed by atoms with Gasteiger partial charge in [0.2, 0.25) is 0 Å². The summed E-state index contributed by atoms with van der Waals surface area (Å²) in [6, 6.07) is 24.4. The lowest BCUT2D eigenvalue weighted by Crippen LogP contribution is -2.37. The van der Waals surface area contributed by atoms with Gasteiger partial charge < -0.3 is 25.0 Å². The lowest BCUT2D eigenvalue weighted by atomic mass is 10.1. The highest BCUT2D eigenvalue weighted by atomic mass is 16.5. The van der Waals surface area contributed by atoms with Gasteiger partial charge in [-0.3, -0.25) is 4.79 Å². The molecule has 6 heteroatoms. The molecule has 1 atom stereocenters. The van der Waals surface area contributed by atoms with Gasteiger partial charge in [-0.05, 0) is 36.1 Å². The Balaban J connectivity index is 1.77. The minimum atomic E-state index is -0.373. The largest absolute Gasteiger partial charge is 0.485 e. The fraction of sp³-hybridized carbons (Fsp3) is 0.321. The first kappa shape index (κ1) is 25.3. The van der Waals surface area contributed by atoms with Crippen LogP contribution in [0, 0.1) is 0 Å². The molecule has 0 radical (unpaired) electrons. The predicted molar refractivity (Wildman–Crippen MR) is 132 cm³/mol. The van der Waals surface area contributed by atoms with Crippen LogP contribution in [-0.4, -0.2) is 35.4 Å². The zero-order valence-corrected chi connectivity index (χ0v) is 19.4. The molecule has 6 nitrogen and oxygen atoms in total. The van der Waals surface area contributed by atoms with Crippen molar-refractivity contribution in [2.24, 2.45) is 0 Å². The van der Waals surface area contributed by atoms with E-state index in [1.165, 1.54) is 0 Å². The molecule has 0 aliphatic heterocycles. The van der Waals surface area contributed by atoms with Crippen LogP contribution >= 0.6 is 0 Å². The van der Waals surface area contributed by atoms with E-state index in [-0.39, 0.29) is 31.8 Å². The van der Waals surface area contributed by atoms with Gasteiger partial charge in [-0.25, -0.2) is 0 Å². The molecule has 0 aromatic heterocycles. The Bertz CT molecular complexity index is 994. The third-order valence-corrected chi connectivity index (χ3v) is 5.45. The summed E-state index contributed by atoms with van der Waals surface area (Å²) in [6.45, 7) is 0.623. The van der Waals surface area contributed by atoms with E-state index in [1.54, 1.807) is 18.2 Å². The van der Waals surface area contributed by atoms with E-state index in [2.05, 4.69) is 5.32 Å². The van der Waals surface area contributed by atoms with Gasteiger partial charge in [0.15, 0.2) is 11.5 Å². The molecule has 3 N–H and O–H groups in total. The highest BCUT2D eigenvalue weighted by Crippen LogP contribution is 2.33. The molecule has 0 heterocycles. The third-order valence-electron chi connectivity index (χ3n) is 5.45. The Labute approximate surface area is 201 Å². The Morgan fingerprint density at radius 2 is 1.41 bits per heavy atom. The molecule has 0 unspecified atom stereocenters. The first-order chi connectivity index (χ1) is 16.7. The SMILES string of the molecule is O=C(N[C@H](CO)CCCCCO)c1cccc(OCc2ccccc2)c1OCc1ccccc1.